The first-order chi connectivity index (χ1) is 9.08. The van der Waals surface area contributed by atoms with Crippen LogP contribution in [0.15, 0.2) is 30.3 Å². The van der Waals surface area contributed by atoms with E-state index in [0.717, 1.165) is 36.1 Å². The molecule has 0 saturated heterocycles. The molecule has 0 bridgehead atoms. The predicted octanol–water partition coefficient (Wildman–Crippen LogP) is 2.70. The van der Waals surface area contributed by atoms with Crippen molar-refractivity contribution < 1.29 is 0 Å². The summed E-state index contributed by atoms with van der Waals surface area (Å²) >= 11 is 0. The van der Waals surface area contributed by atoms with Crippen LogP contribution < -0.4 is 10.6 Å². The van der Waals surface area contributed by atoms with Crippen LogP contribution >= 0.6 is 0 Å². The molecule has 100 valence electrons. The molecule has 0 aliphatic heterocycles. The number of nitrogens with two attached hydrogens (primary N) is 1. The molecular weight excluding hydrogens is 236 g/mol. The molecule has 19 heavy (non-hydrogen) atoms. The number of anilines is 2. The van der Waals surface area contributed by atoms with Crippen LogP contribution in [-0.4, -0.2) is 16.5 Å². The van der Waals surface area contributed by atoms with Gasteiger partial charge in [-0.15, -0.1) is 0 Å². The van der Waals surface area contributed by atoms with Crippen molar-refractivity contribution in [2.75, 3.05) is 17.2 Å². The van der Waals surface area contributed by atoms with Crippen LogP contribution in [0.1, 0.15) is 23.9 Å². The number of hydrogen-bond acceptors (Lipinski definition) is 4. The summed E-state index contributed by atoms with van der Waals surface area (Å²) in [6, 6.07) is 9.92. The quantitative estimate of drug-likeness (QED) is 0.855. The molecule has 0 aliphatic carbocycles. The molecule has 1 aromatic heterocycles. The summed E-state index contributed by atoms with van der Waals surface area (Å²) in [5, 5.41) is 0. The Morgan fingerprint density at radius 2 is 1.79 bits per heavy atom. The van der Waals surface area contributed by atoms with Crippen molar-refractivity contribution in [3.63, 3.8) is 0 Å². The van der Waals surface area contributed by atoms with Crippen LogP contribution in [-0.2, 0) is 6.54 Å². The third-order valence-corrected chi connectivity index (χ3v) is 2.96. The molecule has 2 N–H and O–H groups in total. The van der Waals surface area contributed by atoms with Gasteiger partial charge in [-0.25, -0.2) is 9.97 Å². The van der Waals surface area contributed by atoms with Crippen LogP contribution in [0.25, 0.3) is 0 Å². The van der Waals surface area contributed by atoms with Crippen molar-refractivity contribution in [1.82, 2.24) is 9.97 Å². The van der Waals surface area contributed by atoms with Crippen molar-refractivity contribution in [2.45, 2.75) is 27.3 Å². The van der Waals surface area contributed by atoms with E-state index < -0.39 is 0 Å². The van der Waals surface area contributed by atoms with Crippen molar-refractivity contribution in [3.8, 4) is 0 Å². The molecule has 0 saturated carbocycles. The molecule has 4 heteroatoms. The maximum atomic E-state index is 5.81. The Kier molecular flexibility index (Phi) is 4.00. The van der Waals surface area contributed by atoms with Gasteiger partial charge in [0.1, 0.15) is 0 Å². The highest BCUT2D eigenvalue weighted by Gasteiger charge is 2.09. The Balaban J connectivity index is 2.24. The van der Waals surface area contributed by atoms with Gasteiger partial charge in [0.2, 0.25) is 5.95 Å². The van der Waals surface area contributed by atoms with Gasteiger partial charge >= 0.3 is 0 Å². The van der Waals surface area contributed by atoms with Crippen LogP contribution in [0.4, 0.5) is 11.6 Å². The van der Waals surface area contributed by atoms with Gasteiger partial charge in [-0.05, 0) is 44.5 Å². The average Bonchev–Trinajstić information content (AvgIpc) is 2.34. The van der Waals surface area contributed by atoms with E-state index in [2.05, 4.69) is 27.9 Å². The fourth-order valence-corrected chi connectivity index (χ4v) is 2.08. The Morgan fingerprint density at radius 3 is 2.37 bits per heavy atom. The van der Waals surface area contributed by atoms with Crippen molar-refractivity contribution in [1.29, 1.82) is 0 Å². The molecule has 0 atom stereocenters. The Labute approximate surface area is 114 Å². The topological polar surface area (TPSA) is 55.0 Å². The number of nitrogen functional groups attached to an aromatic ring is 1. The minimum atomic E-state index is 0.768. The zero-order valence-electron chi connectivity index (χ0n) is 11.7. The third-order valence-electron chi connectivity index (χ3n) is 2.96. The van der Waals surface area contributed by atoms with E-state index in [1.54, 1.807) is 0 Å². The SMILES string of the molecule is CCN(Cc1cccc(N)c1)c1nc(C)cc(C)n1. The summed E-state index contributed by atoms with van der Waals surface area (Å²) in [5.41, 5.74) is 9.76. The summed E-state index contributed by atoms with van der Waals surface area (Å²) < 4.78 is 0. The standard InChI is InChI=1S/C15H20N4/c1-4-19(10-13-6-5-7-14(16)9-13)15-17-11(2)8-12(3)18-15/h5-9H,4,10,16H2,1-3H3. The van der Waals surface area contributed by atoms with Gasteiger partial charge in [0.25, 0.3) is 0 Å². The zero-order chi connectivity index (χ0) is 13.8. The second kappa shape index (κ2) is 5.69. The average molecular weight is 256 g/mol. The third kappa shape index (κ3) is 3.44. The van der Waals surface area contributed by atoms with E-state index in [4.69, 9.17) is 5.73 Å². The lowest BCUT2D eigenvalue weighted by molar-refractivity contribution is 0.783. The van der Waals surface area contributed by atoms with Gasteiger partial charge in [-0.3, -0.25) is 0 Å². The summed E-state index contributed by atoms with van der Waals surface area (Å²) in [4.78, 5) is 11.2. The van der Waals surface area contributed by atoms with Crippen molar-refractivity contribution >= 4 is 11.6 Å². The lowest BCUT2D eigenvalue weighted by Crippen LogP contribution is -2.24. The normalized spacial score (nSPS) is 10.5. The van der Waals surface area contributed by atoms with E-state index in [1.807, 2.05) is 38.1 Å². The second-order valence-electron chi connectivity index (χ2n) is 4.71. The molecule has 0 fully saturated rings. The fraction of sp³-hybridized carbons (Fsp3) is 0.333. The second-order valence-corrected chi connectivity index (χ2v) is 4.71. The highest BCUT2D eigenvalue weighted by atomic mass is 15.2. The number of benzene rings is 1. The first-order valence-electron chi connectivity index (χ1n) is 6.50. The van der Waals surface area contributed by atoms with E-state index in [-0.39, 0.29) is 0 Å². The monoisotopic (exact) mass is 256 g/mol. The first kappa shape index (κ1) is 13.3. The van der Waals surface area contributed by atoms with E-state index >= 15 is 0 Å². The minimum absolute atomic E-state index is 0.768. The Morgan fingerprint density at radius 1 is 1.11 bits per heavy atom. The van der Waals surface area contributed by atoms with Crippen LogP contribution in [0.2, 0.25) is 0 Å². The molecular formula is C15H20N4. The van der Waals surface area contributed by atoms with Gasteiger partial charge in [-0.2, -0.15) is 0 Å². The molecule has 2 rings (SSSR count). The van der Waals surface area contributed by atoms with Crippen LogP contribution in [0.3, 0.4) is 0 Å². The molecule has 0 unspecified atom stereocenters. The summed E-state index contributed by atoms with van der Waals surface area (Å²) in [7, 11) is 0. The lowest BCUT2D eigenvalue weighted by Gasteiger charge is -2.21. The smallest absolute Gasteiger partial charge is 0.226 e. The Hall–Kier alpha value is -2.10. The molecule has 1 aromatic carbocycles. The van der Waals surface area contributed by atoms with E-state index in [9.17, 15) is 0 Å². The lowest BCUT2D eigenvalue weighted by atomic mass is 10.2. The molecule has 2 aromatic rings. The molecule has 0 spiro atoms. The van der Waals surface area contributed by atoms with Gasteiger partial charge in [0.15, 0.2) is 0 Å². The Bertz CT molecular complexity index is 546. The van der Waals surface area contributed by atoms with Gasteiger partial charge in [0, 0.05) is 30.2 Å². The van der Waals surface area contributed by atoms with Crippen molar-refractivity contribution in [2.24, 2.45) is 0 Å². The summed E-state index contributed by atoms with van der Waals surface area (Å²) in [6.07, 6.45) is 0. The number of hydrogen-bond donors (Lipinski definition) is 1. The van der Waals surface area contributed by atoms with Gasteiger partial charge in [0.05, 0.1) is 0 Å². The fourth-order valence-electron chi connectivity index (χ4n) is 2.08. The largest absolute Gasteiger partial charge is 0.399 e. The van der Waals surface area contributed by atoms with Crippen LogP contribution in [0, 0.1) is 13.8 Å². The molecule has 0 aliphatic rings. The first-order valence-corrected chi connectivity index (χ1v) is 6.50. The number of aromatic nitrogens is 2. The summed E-state index contributed by atoms with van der Waals surface area (Å²) in [5.74, 6) is 0.780. The molecule has 4 nitrogen and oxygen atoms in total. The highest BCUT2D eigenvalue weighted by Crippen LogP contribution is 2.15. The van der Waals surface area contributed by atoms with Gasteiger partial charge < -0.3 is 10.6 Å². The highest BCUT2D eigenvalue weighted by molar-refractivity contribution is 5.42. The number of nitrogens with zero attached hydrogens (tertiary/aromatic N) is 3. The maximum Gasteiger partial charge on any atom is 0.226 e. The molecule has 0 radical (unpaired) electrons. The summed E-state index contributed by atoms with van der Waals surface area (Å²) in [6.45, 7) is 7.72. The van der Waals surface area contributed by atoms with E-state index in [0.29, 0.717) is 0 Å². The minimum Gasteiger partial charge on any atom is -0.399 e. The van der Waals surface area contributed by atoms with E-state index in [1.165, 1.54) is 5.56 Å². The number of aryl methyl sites for hydroxylation is 2. The number of rotatable bonds is 4. The zero-order valence-corrected chi connectivity index (χ0v) is 11.7. The predicted molar refractivity (Wildman–Crippen MR) is 79.1 cm³/mol. The maximum absolute atomic E-state index is 5.81. The molecule has 0 amide bonds. The van der Waals surface area contributed by atoms with Gasteiger partial charge in [-0.1, -0.05) is 12.1 Å². The van der Waals surface area contributed by atoms with Crippen molar-refractivity contribution in [3.05, 3.63) is 47.3 Å². The van der Waals surface area contributed by atoms with Crippen LogP contribution in [0.5, 0.6) is 0 Å². The molecule has 1 heterocycles.